The van der Waals surface area contributed by atoms with Gasteiger partial charge < -0.3 is 20.3 Å². The zero-order valence-corrected chi connectivity index (χ0v) is 12.0. The molecule has 2 saturated heterocycles. The van der Waals surface area contributed by atoms with Crippen LogP contribution in [0, 0.1) is 5.92 Å². The fourth-order valence-electron chi connectivity index (χ4n) is 2.80. The molecule has 0 aromatic rings. The second-order valence-corrected chi connectivity index (χ2v) is 5.83. The lowest BCUT2D eigenvalue weighted by molar-refractivity contribution is -0.135. The van der Waals surface area contributed by atoms with Crippen LogP contribution in [0.3, 0.4) is 0 Å². The Kier molecular flexibility index (Phi) is 5.60. The van der Waals surface area contributed by atoms with Gasteiger partial charge in [0.2, 0.25) is 5.91 Å². The number of morpholine rings is 1. The van der Waals surface area contributed by atoms with E-state index in [1.165, 1.54) is 6.42 Å². The van der Waals surface area contributed by atoms with Gasteiger partial charge in [0.15, 0.2) is 0 Å². The third kappa shape index (κ3) is 4.44. The van der Waals surface area contributed by atoms with Crippen molar-refractivity contribution in [2.24, 2.45) is 11.7 Å². The van der Waals surface area contributed by atoms with E-state index in [1.54, 1.807) is 0 Å². The van der Waals surface area contributed by atoms with E-state index in [0.29, 0.717) is 31.6 Å². The van der Waals surface area contributed by atoms with Crippen LogP contribution in [0.2, 0.25) is 0 Å². The molecule has 0 aromatic heterocycles. The molecule has 2 atom stereocenters. The fourth-order valence-corrected chi connectivity index (χ4v) is 2.80. The van der Waals surface area contributed by atoms with E-state index in [1.807, 2.05) is 4.90 Å². The smallest absolute Gasteiger partial charge is 0.222 e. The molecule has 5 nitrogen and oxygen atoms in total. The van der Waals surface area contributed by atoms with Gasteiger partial charge in [0, 0.05) is 32.1 Å². The number of hydrogen-bond donors (Lipinski definition) is 1. The quantitative estimate of drug-likeness (QED) is 0.797. The van der Waals surface area contributed by atoms with Crippen LogP contribution in [0.25, 0.3) is 0 Å². The van der Waals surface area contributed by atoms with E-state index >= 15 is 0 Å². The van der Waals surface area contributed by atoms with Gasteiger partial charge in [-0.25, -0.2) is 0 Å². The van der Waals surface area contributed by atoms with Gasteiger partial charge in [-0.05, 0) is 31.8 Å². The lowest BCUT2D eigenvalue weighted by Gasteiger charge is -2.35. The van der Waals surface area contributed by atoms with Crippen molar-refractivity contribution >= 4 is 5.91 Å². The van der Waals surface area contributed by atoms with Crippen LogP contribution >= 0.6 is 0 Å². The van der Waals surface area contributed by atoms with Gasteiger partial charge in [-0.2, -0.15) is 0 Å². The minimum absolute atomic E-state index is 0.276. The Labute approximate surface area is 116 Å². The van der Waals surface area contributed by atoms with Crippen LogP contribution in [0.5, 0.6) is 0 Å². The Balaban J connectivity index is 1.62. The molecular formula is C14H27N3O2. The highest BCUT2D eigenvalue weighted by Crippen LogP contribution is 2.15. The number of ether oxygens (including phenoxy) is 1. The summed E-state index contributed by atoms with van der Waals surface area (Å²) in [4.78, 5) is 16.3. The summed E-state index contributed by atoms with van der Waals surface area (Å²) in [5, 5.41) is 0. The molecule has 0 bridgehead atoms. The molecule has 2 unspecified atom stereocenters. The zero-order chi connectivity index (χ0) is 13.7. The van der Waals surface area contributed by atoms with Crippen LogP contribution < -0.4 is 5.73 Å². The first-order valence-corrected chi connectivity index (χ1v) is 7.50. The monoisotopic (exact) mass is 269 g/mol. The average Bonchev–Trinajstić information content (AvgIpc) is 2.43. The maximum atomic E-state index is 12.0. The number of likely N-dealkylation sites (tertiary alicyclic amines) is 1. The predicted molar refractivity (Wildman–Crippen MR) is 74.8 cm³/mol. The number of nitrogens with two attached hydrogens (primary N) is 1. The summed E-state index contributed by atoms with van der Waals surface area (Å²) in [5.41, 5.74) is 6.09. The Morgan fingerprint density at radius 1 is 1.32 bits per heavy atom. The second-order valence-electron chi connectivity index (χ2n) is 5.83. The van der Waals surface area contributed by atoms with E-state index in [9.17, 15) is 4.79 Å². The molecule has 2 N–H and O–H groups in total. The van der Waals surface area contributed by atoms with E-state index in [0.717, 1.165) is 39.1 Å². The highest BCUT2D eigenvalue weighted by atomic mass is 16.5. The molecule has 0 radical (unpaired) electrons. The summed E-state index contributed by atoms with van der Waals surface area (Å²) >= 11 is 0. The van der Waals surface area contributed by atoms with Crippen molar-refractivity contribution in [1.82, 2.24) is 9.80 Å². The fraction of sp³-hybridized carbons (Fsp3) is 0.929. The molecule has 0 spiro atoms. The number of carbonyl (C=O) groups is 1. The van der Waals surface area contributed by atoms with E-state index in [-0.39, 0.29) is 5.91 Å². The largest absolute Gasteiger partial charge is 0.378 e. The Morgan fingerprint density at radius 3 is 2.74 bits per heavy atom. The SMILES string of the molecule is CC1CCN(CCCC(=O)N2CCOCC2)CC1N. The van der Waals surface area contributed by atoms with Gasteiger partial charge in [0.1, 0.15) is 0 Å². The number of rotatable bonds is 4. The first-order chi connectivity index (χ1) is 9.16. The molecule has 19 heavy (non-hydrogen) atoms. The van der Waals surface area contributed by atoms with Gasteiger partial charge >= 0.3 is 0 Å². The summed E-state index contributed by atoms with van der Waals surface area (Å²) < 4.78 is 5.26. The molecule has 2 aliphatic heterocycles. The summed E-state index contributed by atoms with van der Waals surface area (Å²) in [6.45, 7) is 8.21. The molecule has 110 valence electrons. The number of piperidine rings is 1. The van der Waals surface area contributed by atoms with Crippen LogP contribution in [0.1, 0.15) is 26.2 Å². The first kappa shape index (κ1) is 14.8. The van der Waals surface area contributed by atoms with Gasteiger partial charge in [0.05, 0.1) is 13.2 Å². The lowest BCUT2D eigenvalue weighted by atomic mass is 9.94. The maximum absolute atomic E-state index is 12.0. The molecule has 1 amide bonds. The maximum Gasteiger partial charge on any atom is 0.222 e. The van der Waals surface area contributed by atoms with Crippen molar-refractivity contribution in [2.45, 2.75) is 32.2 Å². The van der Waals surface area contributed by atoms with Crippen molar-refractivity contribution in [2.75, 3.05) is 45.9 Å². The molecular weight excluding hydrogens is 242 g/mol. The van der Waals surface area contributed by atoms with Gasteiger partial charge in [-0.15, -0.1) is 0 Å². The molecule has 5 heteroatoms. The minimum Gasteiger partial charge on any atom is -0.378 e. The third-order valence-electron chi connectivity index (χ3n) is 4.33. The standard InChI is InChI=1S/C14H27N3O2/c1-12-4-6-16(11-13(12)15)5-2-3-14(18)17-7-9-19-10-8-17/h12-13H,2-11,15H2,1H3. The van der Waals surface area contributed by atoms with Gasteiger partial charge in [0.25, 0.3) is 0 Å². The molecule has 0 saturated carbocycles. The first-order valence-electron chi connectivity index (χ1n) is 7.50. The van der Waals surface area contributed by atoms with Gasteiger partial charge in [-0.3, -0.25) is 4.79 Å². The van der Waals surface area contributed by atoms with Crippen molar-refractivity contribution in [3.05, 3.63) is 0 Å². The highest BCUT2D eigenvalue weighted by Gasteiger charge is 2.23. The summed E-state index contributed by atoms with van der Waals surface area (Å²) in [7, 11) is 0. The second kappa shape index (κ2) is 7.22. The molecule has 2 heterocycles. The van der Waals surface area contributed by atoms with E-state index in [2.05, 4.69) is 11.8 Å². The zero-order valence-electron chi connectivity index (χ0n) is 12.0. The normalized spacial score (nSPS) is 29.5. The Bertz CT molecular complexity index is 292. The highest BCUT2D eigenvalue weighted by molar-refractivity contribution is 5.76. The van der Waals surface area contributed by atoms with Crippen molar-refractivity contribution < 1.29 is 9.53 Å². The van der Waals surface area contributed by atoms with E-state index in [4.69, 9.17) is 10.5 Å². The van der Waals surface area contributed by atoms with Crippen LogP contribution in [0.4, 0.5) is 0 Å². The number of hydrogen-bond acceptors (Lipinski definition) is 4. The summed E-state index contributed by atoms with van der Waals surface area (Å²) in [5.74, 6) is 0.907. The van der Waals surface area contributed by atoms with Crippen LogP contribution in [-0.4, -0.2) is 67.7 Å². The lowest BCUT2D eigenvalue weighted by Crippen LogP contribution is -2.48. The van der Waals surface area contributed by atoms with Crippen LogP contribution in [0.15, 0.2) is 0 Å². The van der Waals surface area contributed by atoms with Crippen molar-refractivity contribution in [3.8, 4) is 0 Å². The number of carbonyl (C=O) groups excluding carboxylic acids is 1. The van der Waals surface area contributed by atoms with Crippen molar-refractivity contribution in [1.29, 1.82) is 0 Å². The molecule has 2 aliphatic rings. The molecule has 2 fully saturated rings. The molecule has 0 aromatic carbocycles. The molecule has 2 rings (SSSR count). The number of nitrogens with zero attached hydrogens (tertiary/aromatic N) is 2. The van der Waals surface area contributed by atoms with Crippen LogP contribution in [-0.2, 0) is 9.53 Å². The van der Waals surface area contributed by atoms with Gasteiger partial charge in [-0.1, -0.05) is 6.92 Å². The number of amides is 1. The summed E-state index contributed by atoms with van der Waals surface area (Å²) in [6.07, 6.45) is 2.77. The van der Waals surface area contributed by atoms with E-state index < -0.39 is 0 Å². The topological polar surface area (TPSA) is 58.8 Å². The predicted octanol–water partition coefficient (Wildman–Crippen LogP) is 0.295. The molecule has 0 aliphatic carbocycles. The third-order valence-corrected chi connectivity index (χ3v) is 4.33. The summed E-state index contributed by atoms with van der Waals surface area (Å²) in [6, 6.07) is 0.295. The Morgan fingerprint density at radius 2 is 2.05 bits per heavy atom. The van der Waals surface area contributed by atoms with Crippen molar-refractivity contribution in [3.63, 3.8) is 0 Å². The average molecular weight is 269 g/mol. The minimum atomic E-state index is 0.276. The Hall–Kier alpha value is -0.650.